The fourth-order valence-electron chi connectivity index (χ4n) is 3.41. The molecule has 1 fully saturated rings. The van der Waals surface area contributed by atoms with E-state index >= 15 is 0 Å². The van der Waals surface area contributed by atoms with Gasteiger partial charge < -0.3 is 5.32 Å². The summed E-state index contributed by atoms with van der Waals surface area (Å²) in [6, 6.07) is 8.31. The maximum Gasteiger partial charge on any atom is 0.0238 e. The Labute approximate surface area is 124 Å². The van der Waals surface area contributed by atoms with E-state index in [-0.39, 0.29) is 0 Å². The monoisotopic (exact) mass is 274 g/mol. The van der Waals surface area contributed by atoms with Gasteiger partial charge in [0.1, 0.15) is 0 Å². The maximum atomic E-state index is 3.70. The number of benzene rings is 1. The van der Waals surface area contributed by atoms with Crippen molar-refractivity contribution < 1.29 is 0 Å². The first kappa shape index (κ1) is 15.5. The summed E-state index contributed by atoms with van der Waals surface area (Å²) in [5.41, 5.74) is 4.24. The Bertz CT molecular complexity index is 407. The predicted octanol–water partition coefficient (Wildman–Crippen LogP) is 3.66. The molecule has 1 aliphatic rings. The zero-order valence-electron chi connectivity index (χ0n) is 13.6. The number of nitrogens with one attached hydrogen (secondary N) is 1. The summed E-state index contributed by atoms with van der Waals surface area (Å²) < 4.78 is 0. The fraction of sp³-hybridized carbons (Fsp3) is 0.667. The second-order valence-electron chi connectivity index (χ2n) is 6.38. The second kappa shape index (κ2) is 7.24. The van der Waals surface area contributed by atoms with Crippen LogP contribution < -0.4 is 5.32 Å². The van der Waals surface area contributed by atoms with Crippen LogP contribution in [0.25, 0.3) is 0 Å². The van der Waals surface area contributed by atoms with Gasteiger partial charge >= 0.3 is 0 Å². The number of aryl methyl sites for hydroxylation is 2. The Morgan fingerprint density at radius 1 is 1.15 bits per heavy atom. The molecule has 1 aliphatic heterocycles. The van der Waals surface area contributed by atoms with Crippen molar-refractivity contribution in [3.63, 3.8) is 0 Å². The highest BCUT2D eigenvalue weighted by atomic mass is 15.2. The first-order valence-electron chi connectivity index (χ1n) is 8.17. The molecule has 2 nitrogen and oxygen atoms in total. The van der Waals surface area contributed by atoms with Gasteiger partial charge in [0.25, 0.3) is 0 Å². The van der Waals surface area contributed by atoms with Crippen molar-refractivity contribution >= 4 is 0 Å². The molecular formula is C18H30N2. The van der Waals surface area contributed by atoms with Gasteiger partial charge in [0.15, 0.2) is 0 Å². The average molecular weight is 274 g/mol. The van der Waals surface area contributed by atoms with Crippen LogP contribution in [0, 0.1) is 13.8 Å². The van der Waals surface area contributed by atoms with Crippen molar-refractivity contribution in [3.8, 4) is 0 Å². The average Bonchev–Trinajstić information content (AvgIpc) is 2.40. The van der Waals surface area contributed by atoms with Gasteiger partial charge in [-0.15, -0.1) is 0 Å². The Balaban J connectivity index is 2.09. The summed E-state index contributed by atoms with van der Waals surface area (Å²) in [5.74, 6) is 0. The number of hydrogen-bond donors (Lipinski definition) is 1. The Morgan fingerprint density at radius 3 is 2.45 bits per heavy atom. The third-order valence-electron chi connectivity index (χ3n) is 4.40. The number of hydrogen-bond acceptors (Lipinski definition) is 2. The van der Waals surface area contributed by atoms with E-state index in [9.17, 15) is 0 Å². The van der Waals surface area contributed by atoms with Crippen LogP contribution in [0.2, 0.25) is 0 Å². The third kappa shape index (κ3) is 4.07. The van der Waals surface area contributed by atoms with Crippen LogP contribution in [0.4, 0.5) is 0 Å². The molecule has 2 unspecified atom stereocenters. The number of piperazine rings is 1. The second-order valence-corrected chi connectivity index (χ2v) is 6.38. The van der Waals surface area contributed by atoms with Crippen LogP contribution in [-0.2, 0) is 6.54 Å². The van der Waals surface area contributed by atoms with E-state index in [0.29, 0.717) is 12.1 Å². The van der Waals surface area contributed by atoms with Crippen molar-refractivity contribution in [2.45, 2.75) is 65.6 Å². The van der Waals surface area contributed by atoms with Crippen LogP contribution in [-0.4, -0.2) is 30.1 Å². The smallest absolute Gasteiger partial charge is 0.0238 e. The minimum absolute atomic E-state index is 0.661. The zero-order valence-corrected chi connectivity index (χ0v) is 13.6. The van der Waals surface area contributed by atoms with Gasteiger partial charge in [0, 0.05) is 31.7 Å². The molecule has 0 saturated carbocycles. The minimum atomic E-state index is 0.661. The summed E-state index contributed by atoms with van der Waals surface area (Å²) in [5, 5.41) is 3.70. The van der Waals surface area contributed by atoms with Crippen molar-refractivity contribution in [3.05, 3.63) is 34.9 Å². The van der Waals surface area contributed by atoms with E-state index in [0.717, 1.165) is 13.1 Å². The van der Waals surface area contributed by atoms with E-state index in [4.69, 9.17) is 0 Å². The van der Waals surface area contributed by atoms with Gasteiger partial charge in [-0.25, -0.2) is 0 Å². The molecule has 20 heavy (non-hydrogen) atoms. The normalized spacial score (nSPS) is 24.0. The molecule has 0 radical (unpaired) electrons. The molecule has 1 heterocycles. The standard InChI is InChI=1S/C18H30N2/c1-5-7-18-11-19-17(6-2)13-20(18)12-16-9-14(3)8-15(4)10-16/h8-10,17-19H,5-7,11-13H2,1-4H3. The highest BCUT2D eigenvalue weighted by molar-refractivity contribution is 5.28. The highest BCUT2D eigenvalue weighted by Crippen LogP contribution is 2.18. The van der Waals surface area contributed by atoms with Crippen molar-refractivity contribution in [1.29, 1.82) is 0 Å². The summed E-state index contributed by atoms with van der Waals surface area (Å²) in [6.45, 7) is 12.4. The lowest BCUT2D eigenvalue weighted by molar-refractivity contribution is 0.113. The SMILES string of the molecule is CCCC1CNC(CC)CN1Cc1cc(C)cc(C)c1. The molecule has 0 bridgehead atoms. The van der Waals surface area contributed by atoms with Crippen LogP contribution >= 0.6 is 0 Å². The van der Waals surface area contributed by atoms with E-state index in [1.54, 1.807) is 0 Å². The molecule has 2 atom stereocenters. The molecule has 0 amide bonds. The van der Waals surface area contributed by atoms with Gasteiger partial charge in [-0.05, 0) is 32.3 Å². The van der Waals surface area contributed by atoms with Crippen LogP contribution in [0.3, 0.4) is 0 Å². The van der Waals surface area contributed by atoms with Crippen LogP contribution in [0.15, 0.2) is 18.2 Å². The van der Waals surface area contributed by atoms with E-state index in [1.165, 1.54) is 42.5 Å². The lowest BCUT2D eigenvalue weighted by atomic mass is 10.0. The molecule has 1 aromatic carbocycles. The zero-order chi connectivity index (χ0) is 14.5. The van der Waals surface area contributed by atoms with E-state index in [2.05, 4.69) is 56.1 Å². The number of nitrogens with zero attached hydrogens (tertiary/aromatic N) is 1. The summed E-state index contributed by atoms with van der Waals surface area (Å²) in [6.07, 6.45) is 3.79. The Morgan fingerprint density at radius 2 is 1.85 bits per heavy atom. The van der Waals surface area contributed by atoms with Gasteiger partial charge in [0.2, 0.25) is 0 Å². The minimum Gasteiger partial charge on any atom is -0.311 e. The van der Waals surface area contributed by atoms with E-state index in [1.807, 2.05) is 0 Å². The molecule has 0 aliphatic carbocycles. The third-order valence-corrected chi connectivity index (χ3v) is 4.40. The molecule has 0 aromatic heterocycles. The van der Waals surface area contributed by atoms with Crippen molar-refractivity contribution in [2.75, 3.05) is 13.1 Å². The lowest BCUT2D eigenvalue weighted by Gasteiger charge is -2.40. The lowest BCUT2D eigenvalue weighted by Crippen LogP contribution is -2.55. The Hall–Kier alpha value is -0.860. The first-order chi connectivity index (χ1) is 9.62. The molecule has 2 heteroatoms. The predicted molar refractivity (Wildman–Crippen MR) is 87.1 cm³/mol. The van der Waals surface area contributed by atoms with Crippen LogP contribution in [0.5, 0.6) is 0 Å². The maximum absolute atomic E-state index is 3.70. The fourth-order valence-corrected chi connectivity index (χ4v) is 3.41. The molecular weight excluding hydrogens is 244 g/mol. The number of rotatable bonds is 5. The molecule has 1 aromatic rings. The largest absolute Gasteiger partial charge is 0.311 e. The van der Waals surface area contributed by atoms with E-state index < -0.39 is 0 Å². The molecule has 0 spiro atoms. The van der Waals surface area contributed by atoms with Gasteiger partial charge in [-0.3, -0.25) is 4.90 Å². The topological polar surface area (TPSA) is 15.3 Å². The van der Waals surface area contributed by atoms with Gasteiger partial charge in [-0.2, -0.15) is 0 Å². The van der Waals surface area contributed by atoms with Gasteiger partial charge in [-0.1, -0.05) is 49.6 Å². The molecule has 1 N–H and O–H groups in total. The first-order valence-corrected chi connectivity index (χ1v) is 8.17. The molecule has 2 rings (SSSR count). The summed E-state index contributed by atoms with van der Waals surface area (Å²) in [4.78, 5) is 2.70. The van der Waals surface area contributed by atoms with Gasteiger partial charge in [0.05, 0.1) is 0 Å². The van der Waals surface area contributed by atoms with Crippen molar-refractivity contribution in [2.24, 2.45) is 0 Å². The summed E-state index contributed by atoms with van der Waals surface area (Å²) in [7, 11) is 0. The van der Waals surface area contributed by atoms with Crippen molar-refractivity contribution in [1.82, 2.24) is 10.2 Å². The summed E-state index contributed by atoms with van der Waals surface area (Å²) >= 11 is 0. The Kier molecular flexibility index (Phi) is 5.62. The quantitative estimate of drug-likeness (QED) is 0.881. The highest BCUT2D eigenvalue weighted by Gasteiger charge is 2.26. The molecule has 112 valence electrons. The molecule has 1 saturated heterocycles. The van der Waals surface area contributed by atoms with Crippen LogP contribution in [0.1, 0.15) is 49.8 Å².